The lowest BCUT2D eigenvalue weighted by Gasteiger charge is -2.48. The SMILES string of the molecule is C=CC(O)N1CC(C)N2c3nc(=O)n(-c4c(C)ccnc4C(C)C)c4cc(-c5c(N)c(Cl)cc(Cl)c5F)c(F)c(c34)NCCC2C1. The number of rotatable bonds is 5. The Balaban J connectivity index is 1.76. The predicted molar refractivity (Wildman–Crippen MR) is 180 cm³/mol. The molecule has 1 fully saturated rings. The zero-order valence-electron chi connectivity index (χ0n) is 25.9. The Hall–Kier alpha value is -3.77. The van der Waals surface area contributed by atoms with Gasteiger partial charge in [0, 0.05) is 49.0 Å². The summed E-state index contributed by atoms with van der Waals surface area (Å²) in [5.41, 5.74) is 7.17. The molecule has 0 spiro atoms. The number of aliphatic hydroxyl groups is 1. The van der Waals surface area contributed by atoms with Crippen LogP contribution in [0.5, 0.6) is 0 Å². The molecule has 3 unspecified atom stereocenters. The number of hydrogen-bond acceptors (Lipinski definition) is 8. The van der Waals surface area contributed by atoms with Crippen molar-refractivity contribution in [2.24, 2.45) is 0 Å². The van der Waals surface area contributed by atoms with E-state index in [0.29, 0.717) is 48.6 Å². The molecule has 0 saturated carbocycles. The van der Waals surface area contributed by atoms with Gasteiger partial charge in [0.15, 0.2) is 11.6 Å². The van der Waals surface area contributed by atoms with Gasteiger partial charge in [0.2, 0.25) is 0 Å². The summed E-state index contributed by atoms with van der Waals surface area (Å²) in [5, 5.41) is 13.8. The topological polar surface area (TPSA) is 113 Å². The molecule has 3 atom stereocenters. The first-order valence-corrected chi connectivity index (χ1v) is 15.9. The Labute approximate surface area is 275 Å². The smallest absolute Gasteiger partial charge is 0.354 e. The highest BCUT2D eigenvalue weighted by atomic mass is 35.5. The van der Waals surface area contributed by atoms with Gasteiger partial charge in [-0.1, -0.05) is 43.6 Å². The van der Waals surface area contributed by atoms with Crippen molar-refractivity contribution in [1.29, 1.82) is 0 Å². The summed E-state index contributed by atoms with van der Waals surface area (Å²) in [4.78, 5) is 27.5. The van der Waals surface area contributed by atoms with E-state index in [2.05, 4.69) is 21.9 Å². The second-order valence-electron chi connectivity index (χ2n) is 12.2. The van der Waals surface area contributed by atoms with E-state index in [1.165, 1.54) is 22.8 Å². The highest BCUT2D eigenvalue weighted by Gasteiger charge is 2.39. The van der Waals surface area contributed by atoms with Gasteiger partial charge in [-0.05, 0) is 56.0 Å². The van der Waals surface area contributed by atoms with E-state index < -0.39 is 23.6 Å². The molecule has 9 nitrogen and oxygen atoms in total. The highest BCUT2D eigenvalue weighted by molar-refractivity contribution is 6.37. The van der Waals surface area contributed by atoms with Gasteiger partial charge in [-0.15, -0.1) is 0 Å². The molecule has 0 aliphatic carbocycles. The minimum absolute atomic E-state index is 0.0363. The van der Waals surface area contributed by atoms with Crippen LogP contribution in [0, 0.1) is 18.6 Å². The van der Waals surface area contributed by atoms with E-state index in [-0.39, 0.29) is 56.1 Å². The maximum absolute atomic E-state index is 16.9. The van der Waals surface area contributed by atoms with E-state index >= 15 is 8.78 Å². The van der Waals surface area contributed by atoms with Gasteiger partial charge in [-0.25, -0.2) is 13.6 Å². The number of pyridine rings is 1. The maximum atomic E-state index is 16.9. The predicted octanol–water partition coefficient (Wildman–Crippen LogP) is 6.25. The standard InChI is InChI=1S/C33H35Cl2F2N7O2/c1-6-23(45)42-13-17(5)43-18(14-42)8-10-40-30-25-22(11-19(26(30)36)24-27(37)20(34)12-21(35)28(24)38)44(33(46)41-32(25)43)31-16(4)7-9-39-29(31)15(2)3/h6-7,9,11-12,15,17-18,23,40,45H,1,8,10,13-14,38H2,2-5H3. The van der Waals surface area contributed by atoms with Gasteiger partial charge in [-0.2, -0.15) is 4.98 Å². The van der Waals surface area contributed by atoms with Crippen LogP contribution in [0.4, 0.5) is 26.0 Å². The van der Waals surface area contributed by atoms with Crippen molar-refractivity contribution >= 4 is 51.3 Å². The van der Waals surface area contributed by atoms with E-state index in [1.807, 2.05) is 37.5 Å². The quantitative estimate of drug-likeness (QED) is 0.130. The number of fused-ring (bicyclic) bond motifs is 2. The van der Waals surface area contributed by atoms with Crippen molar-refractivity contribution in [1.82, 2.24) is 19.4 Å². The average Bonchev–Trinajstić information content (AvgIpc) is 3.00. The fraction of sp³-hybridized carbons (Fsp3) is 0.364. The lowest BCUT2D eigenvalue weighted by Crippen LogP contribution is -2.61. The third-order valence-electron chi connectivity index (χ3n) is 8.92. The number of benzene rings is 2. The van der Waals surface area contributed by atoms with Crippen molar-refractivity contribution in [2.75, 3.05) is 35.6 Å². The largest absolute Gasteiger partial charge is 0.397 e. The number of nitrogen functional groups attached to an aromatic ring is 1. The molecular weight excluding hydrogens is 635 g/mol. The number of aryl methyl sites for hydroxylation is 1. The molecule has 0 amide bonds. The van der Waals surface area contributed by atoms with Crippen molar-refractivity contribution in [3.63, 3.8) is 0 Å². The second kappa shape index (κ2) is 12.1. The molecule has 2 aromatic carbocycles. The Morgan fingerprint density at radius 1 is 1.20 bits per heavy atom. The first-order chi connectivity index (χ1) is 21.8. The first kappa shape index (κ1) is 32.2. The maximum Gasteiger partial charge on any atom is 0.354 e. The van der Waals surface area contributed by atoms with E-state index in [1.54, 1.807) is 12.3 Å². The number of halogens is 4. The Morgan fingerprint density at radius 2 is 1.93 bits per heavy atom. The molecule has 6 rings (SSSR count). The summed E-state index contributed by atoms with van der Waals surface area (Å²) in [5.74, 6) is -1.52. The molecule has 4 N–H and O–H groups in total. The fourth-order valence-electron chi connectivity index (χ4n) is 6.82. The molecule has 4 aromatic rings. The number of nitrogens with zero attached hydrogens (tertiary/aromatic N) is 5. The van der Waals surface area contributed by atoms with Crippen molar-refractivity contribution < 1.29 is 13.9 Å². The van der Waals surface area contributed by atoms with Crippen LogP contribution in [0.3, 0.4) is 0 Å². The highest BCUT2D eigenvalue weighted by Crippen LogP contribution is 2.46. The van der Waals surface area contributed by atoms with Crippen LogP contribution < -0.4 is 21.6 Å². The second-order valence-corrected chi connectivity index (χ2v) is 13.1. The fourth-order valence-corrected chi connectivity index (χ4v) is 7.28. The molecule has 2 aliphatic heterocycles. The van der Waals surface area contributed by atoms with Crippen LogP contribution in [0.1, 0.15) is 44.4 Å². The van der Waals surface area contributed by atoms with Crippen molar-refractivity contribution in [3.8, 4) is 16.8 Å². The third kappa shape index (κ3) is 5.10. The number of aliphatic hydroxyl groups excluding tert-OH is 1. The summed E-state index contributed by atoms with van der Waals surface area (Å²) < 4.78 is 34.1. The number of hydrogen-bond donors (Lipinski definition) is 3. The minimum Gasteiger partial charge on any atom is -0.397 e. The number of anilines is 3. The van der Waals surface area contributed by atoms with Crippen LogP contribution in [-0.4, -0.2) is 62.5 Å². The van der Waals surface area contributed by atoms with E-state index in [9.17, 15) is 9.90 Å². The number of nitrogens with one attached hydrogen (secondary N) is 1. The molecule has 2 aromatic heterocycles. The summed E-state index contributed by atoms with van der Waals surface area (Å²) in [7, 11) is 0. The number of nitrogens with two attached hydrogens (primary N) is 1. The van der Waals surface area contributed by atoms with Crippen LogP contribution >= 0.6 is 23.2 Å². The minimum atomic E-state index is -0.936. The summed E-state index contributed by atoms with van der Waals surface area (Å²) in [6.45, 7) is 12.7. The lowest BCUT2D eigenvalue weighted by molar-refractivity contribution is 0.0180. The molecule has 46 heavy (non-hydrogen) atoms. The molecule has 0 bridgehead atoms. The number of piperazine rings is 1. The zero-order chi connectivity index (χ0) is 33.2. The Morgan fingerprint density at radius 3 is 2.63 bits per heavy atom. The van der Waals surface area contributed by atoms with Crippen molar-refractivity contribution in [3.05, 3.63) is 80.5 Å². The summed E-state index contributed by atoms with van der Waals surface area (Å²) in [6.07, 6.45) is 2.83. The van der Waals surface area contributed by atoms with Gasteiger partial charge in [0.25, 0.3) is 0 Å². The Kier molecular flexibility index (Phi) is 8.47. The number of aromatic nitrogens is 3. The average molecular weight is 671 g/mol. The van der Waals surface area contributed by atoms with Gasteiger partial charge < -0.3 is 21.1 Å². The monoisotopic (exact) mass is 669 g/mol. The van der Waals surface area contributed by atoms with E-state index in [0.717, 1.165) is 5.56 Å². The molecule has 2 aliphatic rings. The molecule has 13 heteroatoms. The van der Waals surface area contributed by atoms with Gasteiger partial charge >= 0.3 is 5.69 Å². The lowest BCUT2D eigenvalue weighted by atomic mass is 9.95. The van der Waals surface area contributed by atoms with Gasteiger partial charge in [-0.3, -0.25) is 14.5 Å². The summed E-state index contributed by atoms with van der Waals surface area (Å²) >= 11 is 12.5. The Bertz CT molecular complexity index is 1920. The van der Waals surface area contributed by atoms with Gasteiger partial charge in [0.05, 0.1) is 43.7 Å². The normalized spacial score (nSPS) is 19.0. The van der Waals surface area contributed by atoms with Crippen LogP contribution in [0.2, 0.25) is 10.0 Å². The molecular formula is C33H35Cl2F2N7O2. The molecule has 0 radical (unpaired) electrons. The zero-order valence-corrected chi connectivity index (χ0v) is 27.4. The first-order valence-electron chi connectivity index (χ1n) is 15.1. The van der Waals surface area contributed by atoms with Gasteiger partial charge in [0.1, 0.15) is 12.0 Å². The van der Waals surface area contributed by atoms with Crippen LogP contribution in [0.15, 0.2) is 41.8 Å². The van der Waals surface area contributed by atoms with E-state index in [4.69, 9.17) is 28.9 Å². The van der Waals surface area contributed by atoms with Crippen molar-refractivity contribution in [2.45, 2.75) is 58.3 Å². The molecule has 242 valence electrons. The molecule has 1 saturated heterocycles. The third-order valence-corrected chi connectivity index (χ3v) is 9.51. The molecule has 4 heterocycles. The van der Waals surface area contributed by atoms with Crippen LogP contribution in [0.25, 0.3) is 27.7 Å². The van der Waals surface area contributed by atoms with Crippen LogP contribution in [-0.2, 0) is 0 Å². The summed E-state index contributed by atoms with van der Waals surface area (Å²) in [6, 6.07) is 3.97.